The summed E-state index contributed by atoms with van der Waals surface area (Å²) >= 11 is 0. The Hall–Kier alpha value is -2.94. The molecule has 0 saturated carbocycles. The molecule has 0 saturated heterocycles. The van der Waals surface area contributed by atoms with E-state index in [0.717, 1.165) is 17.8 Å². The summed E-state index contributed by atoms with van der Waals surface area (Å²) in [5.74, 6) is -0.238. The van der Waals surface area contributed by atoms with Crippen molar-refractivity contribution < 1.29 is 22.7 Å². The van der Waals surface area contributed by atoms with Gasteiger partial charge < -0.3 is 10.1 Å². The van der Waals surface area contributed by atoms with Gasteiger partial charge in [0.05, 0.1) is 11.9 Å². The molecule has 0 aliphatic carbocycles. The molecule has 9 heteroatoms. The number of benzene rings is 1. The third-order valence-electron chi connectivity index (χ3n) is 4.69. The quantitative estimate of drug-likeness (QED) is 0.579. The lowest BCUT2D eigenvalue weighted by atomic mass is 10.0. The number of hydrogen-bond acceptors (Lipinski definition) is 4. The zero-order valence-electron chi connectivity index (χ0n) is 17.0. The maximum absolute atomic E-state index is 13.7. The number of rotatable bonds is 7. The first kappa shape index (κ1) is 21.8. The minimum atomic E-state index is -4.66. The third kappa shape index (κ3) is 4.62. The zero-order chi connectivity index (χ0) is 21.9. The van der Waals surface area contributed by atoms with Gasteiger partial charge in [-0.3, -0.25) is 4.79 Å². The van der Waals surface area contributed by atoms with Crippen molar-refractivity contribution in [3.8, 4) is 11.3 Å². The number of carbonyl (C=O) groups is 1. The van der Waals surface area contributed by atoms with Crippen LogP contribution in [0.1, 0.15) is 47.8 Å². The monoisotopic (exact) mass is 420 g/mol. The van der Waals surface area contributed by atoms with Gasteiger partial charge in [0.1, 0.15) is 5.56 Å². The number of methoxy groups -OCH3 is 1. The van der Waals surface area contributed by atoms with Crippen molar-refractivity contribution in [3.63, 3.8) is 0 Å². The van der Waals surface area contributed by atoms with Crippen molar-refractivity contribution >= 4 is 11.6 Å². The summed E-state index contributed by atoms with van der Waals surface area (Å²) in [5.41, 5.74) is 0.569. The average Bonchev–Trinajstić information content (AvgIpc) is 3.13. The number of nitrogens with zero attached hydrogens (tertiary/aromatic N) is 3. The Morgan fingerprint density at radius 2 is 1.93 bits per heavy atom. The third-order valence-corrected chi connectivity index (χ3v) is 4.69. The van der Waals surface area contributed by atoms with Gasteiger partial charge in [0, 0.05) is 25.8 Å². The summed E-state index contributed by atoms with van der Waals surface area (Å²) in [6, 6.07) is 8.13. The van der Waals surface area contributed by atoms with Crippen LogP contribution in [-0.2, 0) is 10.9 Å². The van der Waals surface area contributed by atoms with E-state index in [-0.39, 0.29) is 16.9 Å². The van der Waals surface area contributed by atoms with E-state index in [2.05, 4.69) is 15.4 Å². The maximum atomic E-state index is 13.7. The maximum Gasteiger partial charge on any atom is 0.433 e. The van der Waals surface area contributed by atoms with Gasteiger partial charge >= 0.3 is 6.18 Å². The second kappa shape index (κ2) is 8.83. The zero-order valence-corrected chi connectivity index (χ0v) is 17.0. The van der Waals surface area contributed by atoms with Crippen LogP contribution in [0, 0.1) is 0 Å². The average molecular weight is 420 g/mol. The van der Waals surface area contributed by atoms with Crippen LogP contribution in [0.2, 0.25) is 0 Å². The molecule has 2 heterocycles. The standard InChI is InChI=1S/C21H23F3N4O2/c1-13(2)14-5-7-15(8-6-14)17-11-18(21(22,23)24)28-19(27-17)16(12-26-28)20(29)25-9-4-10-30-3/h5-8,11-13H,4,9-10H2,1-3H3,(H,25,29). The normalized spacial score (nSPS) is 12.0. The van der Waals surface area contributed by atoms with Gasteiger partial charge in [0.15, 0.2) is 11.3 Å². The highest BCUT2D eigenvalue weighted by molar-refractivity contribution is 5.99. The summed E-state index contributed by atoms with van der Waals surface area (Å²) in [6.07, 6.45) is -2.98. The molecule has 3 aromatic rings. The lowest BCUT2D eigenvalue weighted by molar-refractivity contribution is -0.142. The fraction of sp³-hybridized carbons (Fsp3) is 0.381. The lowest BCUT2D eigenvalue weighted by Crippen LogP contribution is -2.25. The van der Waals surface area contributed by atoms with Crippen LogP contribution in [0.5, 0.6) is 0 Å². The van der Waals surface area contributed by atoms with Gasteiger partial charge in [0.2, 0.25) is 0 Å². The Morgan fingerprint density at radius 3 is 2.53 bits per heavy atom. The molecule has 1 amide bonds. The summed E-state index contributed by atoms with van der Waals surface area (Å²) in [4.78, 5) is 16.8. The van der Waals surface area contributed by atoms with Gasteiger partial charge in [-0.25, -0.2) is 9.50 Å². The predicted molar refractivity (Wildman–Crippen MR) is 106 cm³/mol. The molecule has 160 valence electrons. The highest BCUT2D eigenvalue weighted by Gasteiger charge is 2.36. The smallest absolute Gasteiger partial charge is 0.385 e. The number of halogens is 3. The molecule has 0 spiro atoms. The van der Waals surface area contributed by atoms with Crippen LogP contribution in [-0.4, -0.2) is 40.8 Å². The number of aromatic nitrogens is 3. The van der Waals surface area contributed by atoms with E-state index < -0.39 is 17.8 Å². The molecule has 0 fully saturated rings. The van der Waals surface area contributed by atoms with Crippen LogP contribution in [0.15, 0.2) is 36.5 Å². The number of fused-ring (bicyclic) bond motifs is 1. The van der Waals surface area contributed by atoms with E-state index in [1.165, 1.54) is 0 Å². The van der Waals surface area contributed by atoms with Gasteiger partial charge in [-0.05, 0) is 24.0 Å². The highest BCUT2D eigenvalue weighted by Crippen LogP contribution is 2.33. The van der Waals surface area contributed by atoms with Crippen molar-refractivity contribution in [2.75, 3.05) is 20.3 Å². The highest BCUT2D eigenvalue weighted by atomic mass is 19.4. The number of ether oxygens (including phenoxy) is 1. The van der Waals surface area contributed by atoms with E-state index in [1.54, 1.807) is 19.2 Å². The number of hydrogen-bond donors (Lipinski definition) is 1. The van der Waals surface area contributed by atoms with Crippen molar-refractivity contribution in [1.82, 2.24) is 19.9 Å². The summed E-state index contributed by atoms with van der Waals surface area (Å²) < 4.78 is 46.6. The summed E-state index contributed by atoms with van der Waals surface area (Å²) in [7, 11) is 1.55. The number of amides is 1. The summed E-state index contributed by atoms with van der Waals surface area (Å²) in [5, 5.41) is 6.43. The molecule has 0 aliphatic rings. The molecule has 6 nitrogen and oxygen atoms in total. The number of carbonyl (C=O) groups excluding carboxylic acids is 1. The van der Waals surface area contributed by atoms with Crippen molar-refractivity contribution in [1.29, 1.82) is 0 Å². The van der Waals surface area contributed by atoms with Crippen molar-refractivity contribution in [2.24, 2.45) is 0 Å². The van der Waals surface area contributed by atoms with Crippen LogP contribution in [0.25, 0.3) is 16.9 Å². The van der Waals surface area contributed by atoms with E-state index in [4.69, 9.17) is 4.74 Å². The molecule has 0 radical (unpaired) electrons. The Balaban J connectivity index is 2.05. The van der Waals surface area contributed by atoms with E-state index in [0.29, 0.717) is 35.6 Å². The van der Waals surface area contributed by atoms with Gasteiger partial charge in [-0.15, -0.1) is 0 Å². The van der Waals surface area contributed by atoms with Crippen LogP contribution < -0.4 is 5.32 Å². The van der Waals surface area contributed by atoms with Crippen LogP contribution >= 0.6 is 0 Å². The van der Waals surface area contributed by atoms with Crippen LogP contribution in [0.4, 0.5) is 13.2 Å². The topological polar surface area (TPSA) is 68.5 Å². The molecule has 0 aliphatic heterocycles. The molecule has 30 heavy (non-hydrogen) atoms. The van der Waals surface area contributed by atoms with Gasteiger partial charge in [-0.2, -0.15) is 18.3 Å². The minimum absolute atomic E-state index is 0.0152. The fourth-order valence-corrected chi connectivity index (χ4v) is 3.03. The molecule has 1 aromatic carbocycles. The first-order valence-electron chi connectivity index (χ1n) is 9.55. The largest absolute Gasteiger partial charge is 0.433 e. The van der Waals surface area contributed by atoms with E-state index in [9.17, 15) is 18.0 Å². The molecular formula is C21H23F3N4O2. The molecule has 1 N–H and O–H groups in total. The lowest BCUT2D eigenvalue weighted by Gasteiger charge is -2.12. The minimum Gasteiger partial charge on any atom is -0.385 e. The molecule has 2 aromatic heterocycles. The Labute approximate surface area is 172 Å². The van der Waals surface area contributed by atoms with Crippen molar-refractivity contribution in [3.05, 3.63) is 53.3 Å². The van der Waals surface area contributed by atoms with Crippen molar-refractivity contribution in [2.45, 2.75) is 32.4 Å². The summed E-state index contributed by atoms with van der Waals surface area (Å²) in [6.45, 7) is 4.85. The van der Waals surface area contributed by atoms with E-state index in [1.807, 2.05) is 26.0 Å². The Kier molecular flexibility index (Phi) is 6.40. The first-order valence-corrected chi connectivity index (χ1v) is 9.55. The fourth-order valence-electron chi connectivity index (χ4n) is 3.03. The second-order valence-electron chi connectivity index (χ2n) is 7.20. The predicted octanol–water partition coefficient (Wildman–Crippen LogP) is 4.30. The van der Waals surface area contributed by atoms with Crippen LogP contribution in [0.3, 0.4) is 0 Å². The Morgan fingerprint density at radius 1 is 1.23 bits per heavy atom. The van der Waals surface area contributed by atoms with Gasteiger partial charge in [0.25, 0.3) is 5.91 Å². The second-order valence-corrected chi connectivity index (χ2v) is 7.20. The molecular weight excluding hydrogens is 397 g/mol. The molecule has 0 unspecified atom stereocenters. The number of nitrogens with one attached hydrogen (secondary N) is 1. The molecule has 0 bridgehead atoms. The molecule has 3 rings (SSSR count). The SMILES string of the molecule is COCCCNC(=O)c1cnn2c(C(F)(F)F)cc(-c3ccc(C(C)C)cc3)nc12. The Bertz CT molecular complexity index is 1030. The van der Waals surface area contributed by atoms with Gasteiger partial charge in [-0.1, -0.05) is 38.1 Å². The van der Waals surface area contributed by atoms with E-state index >= 15 is 0 Å². The molecule has 0 atom stereocenters. The first-order chi connectivity index (χ1) is 14.2. The number of alkyl halides is 3.